The molecule has 0 bridgehead atoms. The summed E-state index contributed by atoms with van der Waals surface area (Å²) in [4.78, 5) is 31.9. The summed E-state index contributed by atoms with van der Waals surface area (Å²) in [6.07, 6.45) is 1.29. The Bertz CT molecular complexity index is 984. The van der Waals surface area contributed by atoms with Crippen LogP contribution >= 0.6 is 0 Å². The molecule has 3 unspecified atom stereocenters. The number of amides is 2. The molecule has 1 aromatic rings. The first-order valence-electron chi connectivity index (χ1n) is 10.4. The summed E-state index contributed by atoms with van der Waals surface area (Å²) in [5.74, 6) is -0.843. The maximum Gasteiger partial charge on any atom is 0.414 e. The Labute approximate surface area is 187 Å². The highest BCUT2D eigenvalue weighted by Crippen LogP contribution is 2.30. The van der Waals surface area contributed by atoms with Gasteiger partial charge in [-0.1, -0.05) is 12.1 Å². The number of ether oxygens (including phenoxy) is 2. The zero-order valence-electron chi connectivity index (χ0n) is 18.1. The average Bonchev–Trinajstić information content (AvgIpc) is 3.12. The number of hydrogen-bond donors (Lipinski definition) is 1. The van der Waals surface area contributed by atoms with Crippen molar-refractivity contribution >= 4 is 27.5 Å². The highest BCUT2D eigenvalue weighted by molar-refractivity contribution is 7.92. The third-order valence-corrected chi connectivity index (χ3v) is 7.73. The third-order valence-electron chi connectivity index (χ3n) is 5.74. The van der Waals surface area contributed by atoms with Crippen LogP contribution in [0, 0.1) is 11.3 Å². The maximum absolute atomic E-state index is 12.8. The molecule has 2 amide bonds. The summed E-state index contributed by atoms with van der Waals surface area (Å²) in [6.45, 7) is 1.88. The molecule has 10 nitrogen and oxygen atoms in total. The van der Waals surface area contributed by atoms with Crippen LogP contribution < -0.4 is 10.4 Å². The molecule has 174 valence electrons. The molecule has 0 aromatic heterocycles. The van der Waals surface area contributed by atoms with E-state index in [1.807, 2.05) is 0 Å². The summed E-state index contributed by atoms with van der Waals surface area (Å²) in [6, 6.07) is 8.90. The first kappa shape index (κ1) is 24.0. The number of nitrogens with zero attached hydrogens (tertiary/aromatic N) is 2. The molecule has 1 aromatic carbocycles. The van der Waals surface area contributed by atoms with Gasteiger partial charge in [0.15, 0.2) is 20.9 Å². The molecule has 3 rings (SSSR count). The van der Waals surface area contributed by atoms with Crippen molar-refractivity contribution in [1.82, 2.24) is 5.48 Å². The number of benzene rings is 1. The number of nitriles is 1. The molecule has 11 heteroatoms. The smallest absolute Gasteiger partial charge is 0.414 e. The molecule has 2 aliphatic heterocycles. The Morgan fingerprint density at radius 3 is 2.66 bits per heavy atom. The van der Waals surface area contributed by atoms with Gasteiger partial charge in [0.05, 0.1) is 19.0 Å². The Morgan fingerprint density at radius 2 is 2.06 bits per heavy atom. The van der Waals surface area contributed by atoms with Gasteiger partial charge in [-0.25, -0.2) is 23.5 Å². The molecule has 2 fully saturated rings. The zero-order valence-corrected chi connectivity index (χ0v) is 18.9. The van der Waals surface area contributed by atoms with Crippen molar-refractivity contribution in [3.63, 3.8) is 0 Å². The average molecular weight is 466 g/mol. The fraction of sp³-hybridized carbons (Fsp3) is 0.571. The van der Waals surface area contributed by atoms with Crippen LogP contribution in [-0.2, 0) is 35.4 Å². The second-order valence-corrected chi connectivity index (χ2v) is 10.6. The van der Waals surface area contributed by atoms with Crippen molar-refractivity contribution < 1.29 is 32.3 Å². The van der Waals surface area contributed by atoms with Crippen LogP contribution in [0.25, 0.3) is 0 Å². The Morgan fingerprint density at radius 1 is 1.34 bits per heavy atom. The van der Waals surface area contributed by atoms with Gasteiger partial charge < -0.3 is 9.47 Å². The summed E-state index contributed by atoms with van der Waals surface area (Å²) < 4.78 is 33.9. The van der Waals surface area contributed by atoms with E-state index in [0.29, 0.717) is 18.7 Å². The van der Waals surface area contributed by atoms with Crippen molar-refractivity contribution in [2.45, 2.75) is 56.2 Å². The molecule has 0 spiro atoms. The van der Waals surface area contributed by atoms with Crippen LogP contribution in [0.3, 0.4) is 0 Å². The second-order valence-electron chi connectivity index (χ2n) is 8.17. The van der Waals surface area contributed by atoms with E-state index >= 15 is 0 Å². The van der Waals surface area contributed by atoms with Gasteiger partial charge in [0.25, 0.3) is 5.91 Å². The van der Waals surface area contributed by atoms with Crippen molar-refractivity contribution in [3.05, 3.63) is 29.8 Å². The third kappa shape index (κ3) is 5.38. The molecule has 1 N–H and O–H groups in total. The molecule has 2 heterocycles. The molecule has 3 atom stereocenters. The SMILES string of the molecule is CC(CC1CN(c2ccc(CC#N)cc2)C(=O)O1)(C(=O)NOC1CCCCO1)S(C)(=O)=O. The lowest BCUT2D eigenvalue weighted by atomic mass is 10.0. The first-order valence-corrected chi connectivity index (χ1v) is 12.2. The fourth-order valence-corrected chi connectivity index (χ4v) is 4.47. The summed E-state index contributed by atoms with van der Waals surface area (Å²) in [5, 5.41) is 8.78. The minimum atomic E-state index is -3.89. The Hall–Kier alpha value is -2.68. The van der Waals surface area contributed by atoms with Crippen molar-refractivity contribution in [3.8, 4) is 6.07 Å². The monoisotopic (exact) mass is 465 g/mol. The molecule has 32 heavy (non-hydrogen) atoms. The predicted molar refractivity (Wildman–Crippen MR) is 114 cm³/mol. The van der Waals surface area contributed by atoms with Crippen molar-refractivity contribution in [2.75, 3.05) is 24.3 Å². The normalized spacial score (nSPS) is 23.2. The van der Waals surface area contributed by atoms with Crippen LogP contribution in [0.1, 0.15) is 38.2 Å². The number of cyclic esters (lactones) is 1. The largest absolute Gasteiger partial charge is 0.444 e. The van der Waals surface area contributed by atoms with Crippen LogP contribution in [0.2, 0.25) is 0 Å². The number of carbonyl (C=O) groups is 2. The Kier molecular flexibility index (Phi) is 7.38. The van der Waals surface area contributed by atoms with E-state index in [9.17, 15) is 18.0 Å². The minimum Gasteiger partial charge on any atom is -0.444 e. The number of hydroxylamine groups is 1. The van der Waals surface area contributed by atoms with Gasteiger partial charge in [-0.3, -0.25) is 9.69 Å². The van der Waals surface area contributed by atoms with E-state index < -0.39 is 39.0 Å². The first-order chi connectivity index (χ1) is 15.1. The van der Waals surface area contributed by atoms with E-state index in [1.165, 1.54) is 11.8 Å². The standard InChI is InChI=1S/C21H27N3O7S/c1-21(32(2,27)28,19(25)23-31-18-5-3-4-12-29-18)13-17-14-24(20(26)30-17)16-8-6-15(7-9-16)10-11-22/h6-9,17-18H,3-5,10,12-14H2,1-2H3,(H,23,25). The number of anilines is 1. The maximum atomic E-state index is 12.8. The highest BCUT2D eigenvalue weighted by atomic mass is 32.2. The van der Waals surface area contributed by atoms with E-state index in [1.54, 1.807) is 24.3 Å². The van der Waals surface area contributed by atoms with Crippen LogP contribution in [-0.4, -0.2) is 57.0 Å². The van der Waals surface area contributed by atoms with Gasteiger partial charge in [-0.15, -0.1) is 0 Å². The molecular formula is C21H27N3O7S. The van der Waals surface area contributed by atoms with Crippen molar-refractivity contribution in [2.24, 2.45) is 0 Å². The number of hydrogen-bond acceptors (Lipinski definition) is 8. The van der Waals surface area contributed by atoms with Gasteiger partial charge >= 0.3 is 6.09 Å². The highest BCUT2D eigenvalue weighted by Gasteiger charge is 2.48. The van der Waals surface area contributed by atoms with Crippen LogP contribution in [0.5, 0.6) is 0 Å². The molecule has 0 aliphatic carbocycles. The molecule has 0 radical (unpaired) electrons. The summed E-state index contributed by atoms with van der Waals surface area (Å²) in [7, 11) is -3.89. The van der Waals surface area contributed by atoms with Gasteiger partial charge in [0, 0.05) is 31.4 Å². The van der Waals surface area contributed by atoms with E-state index in [4.69, 9.17) is 19.6 Å². The quantitative estimate of drug-likeness (QED) is 0.575. The van der Waals surface area contributed by atoms with Crippen LogP contribution in [0.4, 0.5) is 10.5 Å². The van der Waals surface area contributed by atoms with E-state index in [2.05, 4.69) is 11.5 Å². The molecule has 0 saturated carbocycles. The van der Waals surface area contributed by atoms with Gasteiger partial charge in [-0.05, 0) is 37.5 Å². The number of sulfone groups is 1. The number of carbonyl (C=O) groups excluding carboxylic acids is 2. The lowest BCUT2D eigenvalue weighted by Crippen LogP contribution is -2.53. The van der Waals surface area contributed by atoms with Gasteiger partial charge in [-0.2, -0.15) is 5.26 Å². The molecular weight excluding hydrogens is 438 g/mol. The summed E-state index contributed by atoms with van der Waals surface area (Å²) in [5.41, 5.74) is 3.59. The number of rotatable bonds is 8. The number of nitrogens with one attached hydrogen (secondary N) is 1. The van der Waals surface area contributed by atoms with E-state index in [0.717, 1.165) is 24.7 Å². The molecule has 2 saturated heterocycles. The van der Waals surface area contributed by atoms with Crippen molar-refractivity contribution in [1.29, 1.82) is 5.26 Å². The zero-order chi connectivity index (χ0) is 23.4. The lowest BCUT2D eigenvalue weighted by Gasteiger charge is -2.29. The van der Waals surface area contributed by atoms with Crippen LogP contribution in [0.15, 0.2) is 24.3 Å². The topological polar surface area (TPSA) is 135 Å². The second kappa shape index (κ2) is 9.85. The van der Waals surface area contributed by atoms with Gasteiger partial charge in [0.1, 0.15) is 6.10 Å². The van der Waals surface area contributed by atoms with Gasteiger partial charge in [0.2, 0.25) is 0 Å². The summed E-state index contributed by atoms with van der Waals surface area (Å²) >= 11 is 0. The predicted octanol–water partition coefficient (Wildman–Crippen LogP) is 1.85. The lowest BCUT2D eigenvalue weighted by molar-refractivity contribution is -0.201. The molecule has 2 aliphatic rings. The van der Waals surface area contributed by atoms with E-state index in [-0.39, 0.29) is 19.4 Å². The minimum absolute atomic E-state index is 0.0847. The fourth-order valence-electron chi connectivity index (χ4n) is 3.60. The Balaban J connectivity index is 1.68.